The van der Waals surface area contributed by atoms with Gasteiger partial charge in [-0.2, -0.15) is 0 Å². The Balaban J connectivity index is 1.96. The maximum Gasteiger partial charge on any atom is 0.242 e. The summed E-state index contributed by atoms with van der Waals surface area (Å²) in [5.74, 6) is 1.77. The Kier molecular flexibility index (Phi) is 5.90. The number of rotatable bonds is 7. The van der Waals surface area contributed by atoms with E-state index < -0.39 is 0 Å². The minimum Gasteiger partial charge on any atom is -0.496 e. The molecule has 1 heterocycles. The van der Waals surface area contributed by atoms with E-state index in [4.69, 9.17) is 4.74 Å². The number of methoxy groups -OCH3 is 1. The number of ether oxygens (including phenoxy) is 1. The van der Waals surface area contributed by atoms with Gasteiger partial charge in [0, 0.05) is 24.2 Å². The maximum absolute atomic E-state index is 13.0. The first-order valence-electron chi connectivity index (χ1n) is 10.0. The zero-order valence-electron chi connectivity index (χ0n) is 16.7. The molecular formula is C22H32N2O2. The van der Waals surface area contributed by atoms with Crippen LogP contribution in [0.5, 0.6) is 5.75 Å². The molecule has 2 aromatic rings. The number of hydrogen-bond acceptors (Lipinski definition) is 2. The lowest BCUT2D eigenvalue weighted by molar-refractivity contribution is -0.131. The highest BCUT2D eigenvalue weighted by atomic mass is 16.5. The van der Waals surface area contributed by atoms with Crippen LogP contribution in [0.15, 0.2) is 18.2 Å². The predicted molar refractivity (Wildman–Crippen MR) is 107 cm³/mol. The second-order valence-electron chi connectivity index (χ2n) is 7.73. The van der Waals surface area contributed by atoms with Crippen LogP contribution >= 0.6 is 0 Å². The summed E-state index contributed by atoms with van der Waals surface area (Å²) in [6.45, 7) is 8.55. The first kappa shape index (κ1) is 18.8. The van der Waals surface area contributed by atoms with Crippen LogP contribution in [0.25, 0.3) is 10.9 Å². The molecule has 0 radical (unpaired) electrons. The van der Waals surface area contributed by atoms with Gasteiger partial charge in [-0.15, -0.1) is 0 Å². The third-order valence-electron chi connectivity index (χ3n) is 5.59. The zero-order valence-corrected chi connectivity index (χ0v) is 16.7. The fourth-order valence-corrected chi connectivity index (χ4v) is 4.11. The van der Waals surface area contributed by atoms with E-state index in [1.54, 1.807) is 7.11 Å². The van der Waals surface area contributed by atoms with Crippen molar-refractivity contribution in [3.05, 3.63) is 29.5 Å². The average molecular weight is 357 g/mol. The largest absolute Gasteiger partial charge is 0.496 e. The number of likely N-dealkylation sites (N-methyl/N-ethyl adjacent to an activating group) is 1. The summed E-state index contributed by atoms with van der Waals surface area (Å²) >= 11 is 0. The van der Waals surface area contributed by atoms with E-state index in [0.717, 1.165) is 43.6 Å². The van der Waals surface area contributed by atoms with E-state index in [-0.39, 0.29) is 5.91 Å². The SMILES string of the molecule is CCN(CCC(C)C)C(=O)Cn1c2c(c3c(OC)cccc31)CCCC2. The van der Waals surface area contributed by atoms with Crippen molar-refractivity contribution in [2.75, 3.05) is 20.2 Å². The lowest BCUT2D eigenvalue weighted by Gasteiger charge is -2.23. The molecule has 0 unspecified atom stereocenters. The molecule has 0 saturated heterocycles. The summed E-state index contributed by atoms with van der Waals surface area (Å²) in [6.07, 6.45) is 5.60. The number of hydrogen-bond donors (Lipinski definition) is 0. The van der Waals surface area contributed by atoms with E-state index in [9.17, 15) is 4.79 Å². The molecule has 0 N–H and O–H groups in total. The molecule has 142 valence electrons. The van der Waals surface area contributed by atoms with Crippen LogP contribution in [0.2, 0.25) is 0 Å². The van der Waals surface area contributed by atoms with Crippen LogP contribution in [-0.4, -0.2) is 35.6 Å². The van der Waals surface area contributed by atoms with Gasteiger partial charge in [-0.25, -0.2) is 0 Å². The van der Waals surface area contributed by atoms with Gasteiger partial charge in [0.25, 0.3) is 0 Å². The minimum atomic E-state index is 0.223. The molecule has 1 aliphatic rings. The minimum absolute atomic E-state index is 0.223. The Morgan fingerprint density at radius 3 is 2.73 bits per heavy atom. The van der Waals surface area contributed by atoms with Crippen molar-refractivity contribution in [3.63, 3.8) is 0 Å². The summed E-state index contributed by atoms with van der Waals surface area (Å²) < 4.78 is 7.89. The molecule has 4 nitrogen and oxygen atoms in total. The molecule has 0 atom stereocenters. The Morgan fingerprint density at radius 2 is 2.04 bits per heavy atom. The summed E-state index contributed by atoms with van der Waals surface area (Å²) in [5, 5.41) is 1.21. The monoisotopic (exact) mass is 356 g/mol. The summed E-state index contributed by atoms with van der Waals surface area (Å²) in [7, 11) is 1.73. The van der Waals surface area contributed by atoms with Crippen molar-refractivity contribution in [2.24, 2.45) is 5.92 Å². The highest BCUT2D eigenvalue weighted by Gasteiger charge is 2.24. The van der Waals surface area contributed by atoms with Gasteiger partial charge in [-0.1, -0.05) is 19.9 Å². The highest BCUT2D eigenvalue weighted by molar-refractivity contribution is 5.92. The van der Waals surface area contributed by atoms with Crippen LogP contribution in [0, 0.1) is 5.92 Å². The Hall–Kier alpha value is -1.97. The molecule has 0 saturated carbocycles. The fourth-order valence-electron chi connectivity index (χ4n) is 4.11. The predicted octanol–water partition coefficient (Wildman–Crippen LogP) is 4.42. The number of amides is 1. The zero-order chi connectivity index (χ0) is 18.7. The van der Waals surface area contributed by atoms with Crippen molar-refractivity contribution in [1.29, 1.82) is 0 Å². The standard InChI is InChI=1S/C22H32N2O2/c1-5-23(14-13-16(2)3)21(25)15-24-18-10-7-6-9-17(18)22-19(24)11-8-12-20(22)26-4/h8,11-12,16H,5-7,9-10,13-15H2,1-4H3. The smallest absolute Gasteiger partial charge is 0.242 e. The normalized spacial score (nSPS) is 13.9. The maximum atomic E-state index is 13.0. The van der Waals surface area contributed by atoms with Gasteiger partial charge in [0.1, 0.15) is 12.3 Å². The quantitative estimate of drug-likeness (QED) is 0.736. The number of benzene rings is 1. The van der Waals surface area contributed by atoms with Crippen LogP contribution in [-0.2, 0) is 24.2 Å². The Morgan fingerprint density at radius 1 is 1.27 bits per heavy atom. The van der Waals surface area contributed by atoms with E-state index in [2.05, 4.69) is 31.4 Å². The molecular weight excluding hydrogens is 324 g/mol. The third-order valence-corrected chi connectivity index (χ3v) is 5.59. The fraction of sp³-hybridized carbons (Fsp3) is 0.591. The van der Waals surface area contributed by atoms with Crippen LogP contribution in [0.4, 0.5) is 0 Å². The van der Waals surface area contributed by atoms with Gasteiger partial charge in [-0.05, 0) is 62.6 Å². The molecule has 1 aromatic carbocycles. The van der Waals surface area contributed by atoms with Gasteiger partial charge in [0.05, 0.1) is 12.6 Å². The Bertz CT molecular complexity index is 776. The van der Waals surface area contributed by atoms with Crippen LogP contribution < -0.4 is 4.74 Å². The van der Waals surface area contributed by atoms with Crippen molar-refractivity contribution in [3.8, 4) is 5.75 Å². The third kappa shape index (κ3) is 3.60. The Labute approximate surface area is 157 Å². The van der Waals surface area contributed by atoms with E-state index in [0.29, 0.717) is 12.5 Å². The lowest BCUT2D eigenvalue weighted by atomic mass is 9.95. The van der Waals surface area contributed by atoms with Gasteiger partial charge in [0.2, 0.25) is 5.91 Å². The first-order chi connectivity index (χ1) is 12.6. The van der Waals surface area contributed by atoms with E-state index >= 15 is 0 Å². The van der Waals surface area contributed by atoms with Crippen molar-refractivity contribution < 1.29 is 9.53 Å². The molecule has 0 aliphatic heterocycles. The molecule has 0 bridgehead atoms. The number of carbonyl (C=O) groups excluding carboxylic acids is 1. The number of aromatic nitrogens is 1. The molecule has 1 amide bonds. The molecule has 1 aromatic heterocycles. The van der Waals surface area contributed by atoms with E-state index in [1.807, 2.05) is 17.0 Å². The van der Waals surface area contributed by atoms with Crippen molar-refractivity contribution >= 4 is 16.8 Å². The highest BCUT2D eigenvalue weighted by Crippen LogP contribution is 2.37. The summed E-state index contributed by atoms with van der Waals surface area (Å²) in [4.78, 5) is 15.0. The lowest BCUT2D eigenvalue weighted by Crippen LogP contribution is -2.35. The average Bonchev–Trinajstić information content (AvgIpc) is 2.96. The molecule has 0 fully saturated rings. The van der Waals surface area contributed by atoms with Gasteiger partial charge in [-0.3, -0.25) is 4.79 Å². The summed E-state index contributed by atoms with van der Waals surface area (Å²) in [6, 6.07) is 6.20. The number of fused-ring (bicyclic) bond motifs is 3. The molecule has 3 rings (SSSR count). The molecule has 1 aliphatic carbocycles. The van der Waals surface area contributed by atoms with E-state index in [1.165, 1.54) is 29.5 Å². The molecule has 0 spiro atoms. The molecule has 4 heteroatoms. The van der Waals surface area contributed by atoms with Crippen molar-refractivity contribution in [1.82, 2.24) is 9.47 Å². The van der Waals surface area contributed by atoms with Crippen molar-refractivity contribution in [2.45, 2.75) is 59.4 Å². The van der Waals surface area contributed by atoms with Crippen LogP contribution in [0.1, 0.15) is 51.3 Å². The van der Waals surface area contributed by atoms with Gasteiger partial charge in [0.15, 0.2) is 0 Å². The second-order valence-corrected chi connectivity index (χ2v) is 7.73. The second kappa shape index (κ2) is 8.15. The van der Waals surface area contributed by atoms with Gasteiger partial charge < -0.3 is 14.2 Å². The number of carbonyl (C=O) groups is 1. The summed E-state index contributed by atoms with van der Waals surface area (Å²) in [5.41, 5.74) is 3.87. The topological polar surface area (TPSA) is 34.5 Å². The number of aryl methyl sites for hydroxylation is 1. The first-order valence-corrected chi connectivity index (χ1v) is 10.0. The number of nitrogens with zero attached hydrogens (tertiary/aromatic N) is 2. The van der Waals surface area contributed by atoms with Gasteiger partial charge >= 0.3 is 0 Å². The molecule has 26 heavy (non-hydrogen) atoms. The van der Waals surface area contributed by atoms with Crippen LogP contribution in [0.3, 0.4) is 0 Å².